The summed E-state index contributed by atoms with van der Waals surface area (Å²) in [7, 11) is 0. The van der Waals surface area contributed by atoms with E-state index in [0.717, 1.165) is 19.6 Å². The second-order valence-electron chi connectivity index (χ2n) is 5.17. The smallest absolute Gasteiger partial charge is 0.0407 e. The monoisotopic (exact) mass is 310 g/mol. The third-order valence-electron chi connectivity index (χ3n) is 3.63. The van der Waals surface area contributed by atoms with Gasteiger partial charge in [-0.05, 0) is 44.0 Å². The third kappa shape index (κ3) is 3.48. The van der Waals surface area contributed by atoms with Crippen LogP contribution in [0, 0.1) is 6.92 Å². The average Bonchev–Trinajstić information content (AvgIpc) is 2.58. The zero-order valence-electron chi connectivity index (χ0n) is 11.4. The van der Waals surface area contributed by atoms with Crippen LogP contribution in [0.5, 0.6) is 0 Å². The highest BCUT2D eigenvalue weighted by Gasteiger charge is 2.18. The first-order chi connectivity index (χ1) is 8.70. The van der Waals surface area contributed by atoms with Gasteiger partial charge < -0.3 is 10.2 Å². The van der Waals surface area contributed by atoms with Crippen molar-refractivity contribution >= 4 is 21.6 Å². The van der Waals surface area contributed by atoms with E-state index in [2.05, 4.69) is 58.2 Å². The molecule has 0 saturated carbocycles. The maximum absolute atomic E-state index is 3.66. The summed E-state index contributed by atoms with van der Waals surface area (Å²) in [5.41, 5.74) is 2.75. The van der Waals surface area contributed by atoms with Crippen LogP contribution in [0.15, 0.2) is 22.7 Å². The molecule has 1 fully saturated rings. The molecule has 100 valence electrons. The molecule has 1 N–H and O–H groups in total. The Kier molecular flexibility index (Phi) is 5.07. The van der Waals surface area contributed by atoms with Gasteiger partial charge in [-0.25, -0.2) is 0 Å². The summed E-state index contributed by atoms with van der Waals surface area (Å²) in [5.74, 6) is 0. The van der Waals surface area contributed by atoms with Crippen molar-refractivity contribution in [2.75, 3.05) is 24.5 Å². The number of aryl methyl sites for hydroxylation is 1. The van der Waals surface area contributed by atoms with E-state index in [1.54, 1.807) is 0 Å². The van der Waals surface area contributed by atoms with Gasteiger partial charge in [0.1, 0.15) is 0 Å². The Morgan fingerprint density at radius 1 is 1.44 bits per heavy atom. The summed E-state index contributed by atoms with van der Waals surface area (Å²) >= 11 is 3.59. The number of halogens is 1. The number of nitrogens with zero attached hydrogens (tertiary/aromatic N) is 1. The highest BCUT2D eigenvalue weighted by atomic mass is 79.9. The molecule has 0 radical (unpaired) electrons. The first-order valence-electron chi connectivity index (χ1n) is 6.95. The van der Waals surface area contributed by atoms with Crippen molar-refractivity contribution in [1.82, 2.24) is 5.32 Å². The lowest BCUT2D eigenvalue weighted by Crippen LogP contribution is -2.37. The Morgan fingerprint density at radius 3 is 3.06 bits per heavy atom. The highest BCUT2D eigenvalue weighted by Crippen LogP contribution is 2.26. The fraction of sp³-hybridized carbons (Fsp3) is 0.600. The Hall–Kier alpha value is -0.540. The summed E-state index contributed by atoms with van der Waals surface area (Å²) < 4.78 is 1.17. The minimum atomic E-state index is 0.635. The van der Waals surface area contributed by atoms with E-state index in [4.69, 9.17) is 0 Å². The van der Waals surface area contributed by atoms with Crippen molar-refractivity contribution < 1.29 is 0 Å². The molecule has 18 heavy (non-hydrogen) atoms. The number of nitrogens with one attached hydrogen (secondary N) is 1. The van der Waals surface area contributed by atoms with Gasteiger partial charge in [-0.3, -0.25) is 0 Å². The van der Waals surface area contributed by atoms with Gasteiger partial charge in [0.15, 0.2) is 0 Å². The van der Waals surface area contributed by atoms with Gasteiger partial charge in [-0.15, -0.1) is 0 Å². The molecule has 1 aliphatic rings. The minimum absolute atomic E-state index is 0.635. The molecule has 0 aliphatic carbocycles. The molecule has 1 aromatic rings. The van der Waals surface area contributed by atoms with Crippen molar-refractivity contribution in [2.45, 2.75) is 39.2 Å². The summed E-state index contributed by atoms with van der Waals surface area (Å²) in [6.07, 6.45) is 3.75. The van der Waals surface area contributed by atoms with Crippen molar-refractivity contribution in [1.29, 1.82) is 0 Å². The number of benzene rings is 1. The second-order valence-corrected chi connectivity index (χ2v) is 6.09. The standard InChI is InChI=1S/C15H23BrN2/c1-3-5-14-11-18(9-4-8-17-14)15-10-13(16)7-6-12(15)2/h6-7,10,14,17H,3-5,8-9,11H2,1-2H3. The maximum atomic E-state index is 3.66. The van der Waals surface area contributed by atoms with Gasteiger partial charge >= 0.3 is 0 Å². The van der Waals surface area contributed by atoms with Gasteiger partial charge in [-0.1, -0.05) is 35.3 Å². The van der Waals surface area contributed by atoms with E-state index in [0.29, 0.717) is 6.04 Å². The summed E-state index contributed by atoms with van der Waals surface area (Å²) in [5, 5.41) is 3.66. The molecule has 1 heterocycles. The second kappa shape index (κ2) is 6.58. The molecule has 2 rings (SSSR count). The molecule has 0 aromatic heterocycles. The molecule has 0 bridgehead atoms. The topological polar surface area (TPSA) is 15.3 Å². The zero-order valence-corrected chi connectivity index (χ0v) is 13.0. The number of anilines is 1. The molecule has 1 atom stereocenters. The van der Waals surface area contributed by atoms with Crippen molar-refractivity contribution in [3.8, 4) is 0 Å². The molecule has 1 aliphatic heterocycles. The highest BCUT2D eigenvalue weighted by molar-refractivity contribution is 9.10. The van der Waals surface area contributed by atoms with Crippen LogP contribution in [0.2, 0.25) is 0 Å². The van der Waals surface area contributed by atoms with E-state index in [-0.39, 0.29) is 0 Å². The van der Waals surface area contributed by atoms with Gasteiger partial charge in [0, 0.05) is 29.3 Å². The first kappa shape index (κ1) is 13.9. The molecular formula is C15H23BrN2. The lowest BCUT2D eigenvalue weighted by molar-refractivity contribution is 0.502. The van der Waals surface area contributed by atoms with Crippen LogP contribution in [-0.4, -0.2) is 25.7 Å². The Bertz CT molecular complexity index is 392. The first-order valence-corrected chi connectivity index (χ1v) is 7.74. The summed E-state index contributed by atoms with van der Waals surface area (Å²) in [4.78, 5) is 2.54. The molecule has 0 spiro atoms. The predicted molar refractivity (Wildman–Crippen MR) is 82.4 cm³/mol. The van der Waals surface area contributed by atoms with Crippen LogP contribution in [-0.2, 0) is 0 Å². The summed E-state index contributed by atoms with van der Waals surface area (Å²) in [6, 6.07) is 7.21. The third-order valence-corrected chi connectivity index (χ3v) is 4.12. The maximum Gasteiger partial charge on any atom is 0.0407 e. The van der Waals surface area contributed by atoms with Gasteiger partial charge in [-0.2, -0.15) is 0 Å². The normalized spacial score (nSPS) is 20.8. The van der Waals surface area contributed by atoms with E-state index in [9.17, 15) is 0 Å². The van der Waals surface area contributed by atoms with Gasteiger partial charge in [0.05, 0.1) is 0 Å². The summed E-state index contributed by atoms with van der Waals surface area (Å²) in [6.45, 7) is 7.90. The molecule has 2 nitrogen and oxygen atoms in total. The number of hydrogen-bond donors (Lipinski definition) is 1. The van der Waals surface area contributed by atoms with Crippen LogP contribution < -0.4 is 10.2 Å². The zero-order chi connectivity index (χ0) is 13.0. The molecule has 1 aromatic carbocycles. The van der Waals surface area contributed by atoms with Crippen molar-refractivity contribution in [3.05, 3.63) is 28.2 Å². The Morgan fingerprint density at radius 2 is 2.28 bits per heavy atom. The van der Waals surface area contributed by atoms with E-state index in [1.807, 2.05) is 0 Å². The largest absolute Gasteiger partial charge is 0.370 e. The Balaban J connectivity index is 2.16. The number of rotatable bonds is 3. The van der Waals surface area contributed by atoms with Crippen LogP contribution in [0.1, 0.15) is 31.7 Å². The van der Waals surface area contributed by atoms with E-state index in [1.165, 1.54) is 35.0 Å². The SMILES string of the molecule is CCCC1CN(c2cc(Br)ccc2C)CCCN1. The Labute approximate surface area is 119 Å². The number of hydrogen-bond acceptors (Lipinski definition) is 2. The van der Waals surface area contributed by atoms with Crippen molar-refractivity contribution in [2.24, 2.45) is 0 Å². The van der Waals surface area contributed by atoms with Crippen LogP contribution >= 0.6 is 15.9 Å². The predicted octanol–water partition coefficient (Wildman–Crippen LogP) is 3.73. The van der Waals surface area contributed by atoms with Gasteiger partial charge in [0.2, 0.25) is 0 Å². The fourth-order valence-corrected chi connectivity index (χ4v) is 3.03. The van der Waals surface area contributed by atoms with Crippen LogP contribution in [0.25, 0.3) is 0 Å². The molecule has 1 unspecified atom stereocenters. The van der Waals surface area contributed by atoms with Crippen LogP contribution in [0.4, 0.5) is 5.69 Å². The molecule has 1 saturated heterocycles. The van der Waals surface area contributed by atoms with Crippen molar-refractivity contribution in [3.63, 3.8) is 0 Å². The van der Waals surface area contributed by atoms with E-state index >= 15 is 0 Å². The minimum Gasteiger partial charge on any atom is -0.370 e. The van der Waals surface area contributed by atoms with Gasteiger partial charge in [0.25, 0.3) is 0 Å². The molecular weight excluding hydrogens is 288 g/mol. The molecule has 0 amide bonds. The molecule has 3 heteroatoms. The van der Waals surface area contributed by atoms with Crippen LogP contribution in [0.3, 0.4) is 0 Å². The quantitative estimate of drug-likeness (QED) is 0.915. The lowest BCUT2D eigenvalue weighted by Gasteiger charge is -2.28. The van der Waals surface area contributed by atoms with E-state index < -0.39 is 0 Å². The lowest BCUT2D eigenvalue weighted by atomic mass is 10.1. The average molecular weight is 311 g/mol. The fourth-order valence-electron chi connectivity index (χ4n) is 2.68.